The van der Waals surface area contributed by atoms with Gasteiger partial charge in [0, 0.05) is 10.0 Å². The number of hydrogen-bond donors (Lipinski definition) is 2. The van der Waals surface area contributed by atoms with Crippen molar-refractivity contribution < 1.29 is 4.39 Å². The number of rotatable bonds is 3. The molecule has 3 N–H and O–H groups in total. The molecule has 19 heavy (non-hydrogen) atoms. The lowest BCUT2D eigenvalue weighted by molar-refractivity contribution is 0.562. The Bertz CT molecular complexity index is 617. The molecule has 2 aromatic rings. The molecule has 0 spiro atoms. The van der Waals surface area contributed by atoms with Crippen LogP contribution in [-0.4, -0.2) is 4.98 Å². The number of nitrogens with one attached hydrogen (secondary N) is 1. The van der Waals surface area contributed by atoms with Gasteiger partial charge in [-0.2, -0.15) is 0 Å². The molecule has 1 aromatic carbocycles. The summed E-state index contributed by atoms with van der Waals surface area (Å²) in [7, 11) is 0. The zero-order valence-electron chi connectivity index (χ0n) is 10.3. The van der Waals surface area contributed by atoms with Crippen molar-refractivity contribution in [3.63, 3.8) is 0 Å². The number of aromatic nitrogens is 1. The van der Waals surface area contributed by atoms with E-state index in [1.165, 1.54) is 11.3 Å². The van der Waals surface area contributed by atoms with Gasteiger partial charge in [-0.1, -0.05) is 17.7 Å². The molecule has 1 atom stereocenters. The Hall–Kier alpha value is -0.530. The lowest BCUT2D eigenvalue weighted by Crippen LogP contribution is -2.29. The van der Waals surface area contributed by atoms with Crippen LogP contribution in [0.4, 0.5) is 4.39 Å². The van der Waals surface area contributed by atoms with Crippen LogP contribution in [-0.2, 0) is 0 Å². The molecular weight excluding hydrogens is 353 g/mol. The van der Waals surface area contributed by atoms with Gasteiger partial charge < -0.3 is 0 Å². The van der Waals surface area contributed by atoms with E-state index in [0.29, 0.717) is 10.0 Å². The summed E-state index contributed by atoms with van der Waals surface area (Å²) < 4.78 is 14.8. The Kier molecular flexibility index (Phi) is 4.58. The number of nitrogens with two attached hydrogens (primary N) is 1. The van der Waals surface area contributed by atoms with Gasteiger partial charge in [-0.05, 0) is 35.8 Å². The highest BCUT2D eigenvalue weighted by Gasteiger charge is 2.23. The molecule has 0 aliphatic carbocycles. The van der Waals surface area contributed by atoms with Crippen molar-refractivity contribution in [2.24, 2.45) is 5.84 Å². The third-order valence-corrected chi connectivity index (χ3v) is 5.14. The van der Waals surface area contributed by atoms with Crippen molar-refractivity contribution in [2.45, 2.75) is 19.9 Å². The molecule has 0 aliphatic rings. The van der Waals surface area contributed by atoms with E-state index in [4.69, 9.17) is 17.4 Å². The number of halogens is 3. The summed E-state index contributed by atoms with van der Waals surface area (Å²) in [4.78, 5) is 5.22. The topological polar surface area (TPSA) is 50.9 Å². The highest BCUT2D eigenvalue weighted by molar-refractivity contribution is 9.10. The van der Waals surface area contributed by atoms with Gasteiger partial charge in [-0.25, -0.2) is 14.8 Å². The van der Waals surface area contributed by atoms with Crippen molar-refractivity contribution in [3.8, 4) is 0 Å². The van der Waals surface area contributed by atoms with Crippen LogP contribution < -0.4 is 11.3 Å². The Balaban J connectivity index is 2.54. The Morgan fingerprint density at radius 2 is 2.16 bits per heavy atom. The van der Waals surface area contributed by atoms with Gasteiger partial charge in [0.25, 0.3) is 0 Å². The third kappa shape index (κ3) is 2.83. The normalized spacial score (nSPS) is 12.7. The van der Waals surface area contributed by atoms with E-state index in [1.807, 2.05) is 13.8 Å². The maximum Gasteiger partial charge on any atom is 0.148 e. The summed E-state index contributed by atoms with van der Waals surface area (Å²) in [5.74, 6) is 5.10. The second-order valence-corrected chi connectivity index (χ2v) is 6.51. The number of hydrazine groups is 1. The van der Waals surface area contributed by atoms with Crippen LogP contribution in [0.25, 0.3) is 0 Å². The van der Waals surface area contributed by atoms with Gasteiger partial charge >= 0.3 is 0 Å². The average Bonchev–Trinajstić information content (AvgIpc) is 2.69. The molecule has 0 radical (unpaired) electrons. The molecule has 2 rings (SSSR count). The minimum absolute atomic E-state index is 0.0524. The Morgan fingerprint density at radius 3 is 2.68 bits per heavy atom. The molecule has 0 saturated heterocycles. The SMILES string of the molecule is Cc1nc(C)c(C(NN)c2ccc(Br)c(Cl)c2F)s1. The molecule has 1 heterocycles. The minimum atomic E-state index is -0.482. The number of nitrogens with zero attached hydrogens (tertiary/aromatic N) is 1. The van der Waals surface area contributed by atoms with Crippen LogP contribution in [0.1, 0.15) is 27.2 Å². The van der Waals surface area contributed by atoms with Crippen LogP contribution in [0.15, 0.2) is 16.6 Å². The van der Waals surface area contributed by atoms with Crippen molar-refractivity contribution in [1.82, 2.24) is 10.4 Å². The molecule has 0 fully saturated rings. The molecule has 0 saturated carbocycles. The Labute approximate surface area is 128 Å². The Morgan fingerprint density at radius 1 is 1.47 bits per heavy atom. The van der Waals surface area contributed by atoms with E-state index in [-0.39, 0.29) is 5.02 Å². The third-order valence-electron chi connectivity index (χ3n) is 2.74. The van der Waals surface area contributed by atoms with Gasteiger partial charge in [0.15, 0.2) is 0 Å². The molecular formula is C12H12BrClFN3S. The zero-order valence-corrected chi connectivity index (χ0v) is 13.5. The van der Waals surface area contributed by atoms with E-state index in [0.717, 1.165) is 15.6 Å². The summed E-state index contributed by atoms with van der Waals surface area (Å²) in [5, 5.41) is 0.966. The van der Waals surface area contributed by atoms with Crippen molar-refractivity contribution in [2.75, 3.05) is 0 Å². The maximum atomic E-state index is 14.3. The summed E-state index contributed by atoms with van der Waals surface area (Å²) in [6, 6.07) is 2.90. The van der Waals surface area contributed by atoms with E-state index in [1.54, 1.807) is 12.1 Å². The van der Waals surface area contributed by atoms with Crippen LogP contribution in [0.3, 0.4) is 0 Å². The van der Waals surface area contributed by atoms with Crippen LogP contribution in [0.2, 0.25) is 5.02 Å². The first kappa shape index (κ1) is 14.9. The lowest BCUT2D eigenvalue weighted by atomic mass is 10.0. The fourth-order valence-corrected chi connectivity index (χ4v) is 3.37. The molecule has 7 heteroatoms. The van der Waals surface area contributed by atoms with E-state index in [2.05, 4.69) is 26.3 Å². The molecule has 3 nitrogen and oxygen atoms in total. The number of thiazole rings is 1. The standard InChI is InChI=1S/C12H12BrClFN3S/c1-5-12(19-6(2)17-5)11(18-16)7-3-4-8(13)9(14)10(7)15/h3-4,11,18H,16H2,1-2H3. The highest BCUT2D eigenvalue weighted by Crippen LogP contribution is 2.35. The maximum absolute atomic E-state index is 14.3. The van der Waals surface area contributed by atoms with Crippen molar-refractivity contribution in [3.05, 3.63) is 48.6 Å². The van der Waals surface area contributed by atoms with E-state index < -0.39 is 11.9 Å². The second kappa shape index (κ2) is 5.85. The largest absolute Gasteiger partial charge is 0.271 e. The number of benzene rings is 1. The zero-order chi connectivity index (χ0) is 14.2. The molecule has 1 aromatic heterocycles. The van der Waals surface area contributed by atoms with Crippen LogP contribution >= 0.6 is 38.9 Å². The molecule has 1 unspecified atom stereocenters. The monoisotopic (exact) mass is 363 g/mol. The fraction of sp³-hybridized carbons (Fsp3) is 0.250. The summed E-state index contributed by atoms with van der Waals surface area (Å²) in [6.07, 6.45) is 0. The number of hydrogen-bond acceptors (Lipinski definition) is 4. The smallest absolute Gasteiger partial charge is 0.148 e. The van der Waals surface area contributed by atoms with E-state index in [9.17, 15) is 4.39 Å². The van der Waals surface area contributed by atoms with Crippen molar-refractivity contribution in [1.29, 1.82) is 0 Å². The second-order valence-electron chi connectivity index (χ2n) is 4.05. The first-order valence-electron chi connectivity index (χ1n) is 5.49. The average molecular weight is 365 g/mol. The number of aryl methyl sites for hydroxylation is 2. The van der Waals surface area contributed by atoms with Crippen LogP contribution in [0.5, 0.6) is 0 Å². The fourth-order valence-electron chi connectivity index (χ4n) is 1.89. The summed E-state index contributed by atoms with van der Waals surface area (Å²) >= 11 is 10.6. The van der Waals surface area contributed by atoms with Gasteiger partial charge in [0.1, 0.15) is 5.82 Å². The molecule has 0 amide bonds. The van der Waals surface area contributed by atoms with E-state index >= 15 is 0 Å². The quantitative estimate of drug-likeness (QED) is 0.494. The molecule has 0 aliphatic heterocycles. The summed E-state index contributed by atoms with van der Waals surface area (Å²) in [5.41, 5.74) is 3.87. The minimum Gasteiger partial charge on any atom is -0.271 e. The van der Waals surface area contributed by atoms with Gasteiger partial charge in [0.2, 0.25) is 0 Å². The molecule has 102 valence electrons. The lowest BCUT2D eigenvalue weighted by Gasteiger charge is -2.17. The highest BCUT2D eigenvalue weighted by atomic mass is 79.9. The summed E-state index contributed by atoms with van der Waals surface area (Å²) in [6.45, 7) is 3.78. The van der Waals surface area contributed by atoms with Gasteiger partial charge in [0.05, 0.1) is 26.6 Å². The predicted octanol–water partition coefficient (Wildman–Crippen LogP) is 3.87. The van der Waals surface area contributed by atoms with Gasteiger partial charge in [-0.15, -0.1) is 11.3 Å². The predicted molar refractivity (Wildman–Crippen MR) is 79.9 cm³/mol. The van der Waals surface area contributed by atoms with Gasteiger partial charge in [-0.3, -0.25) is 5.84 Å². The van der Waals surface area contributed by atoms with Crippen molar-refractivity contribution >= 4 is 38.9 Å². The molecule has 0 bridgehead atoms. The first-order chi connectivity index (χ1) is 8.95. The first-order valence-corrected chi connectivity index (χ1v) is 7.48. The van der Waals surface area contributed by atoms with Crippen LogP contribution in [0, 0.1) is 19.7 Å².